The quantitative estimate of drug-likeness (QED) is 0.799. The highest BCUT2D eigenvalue weighted by atomic mass is 16.6. The Morgan fingerprint density at radius 3 is 2.73 bits per heavy atom. The van der Waals surface area contributed by atoms with Crippen LogP contribution in [0, 0.1) is 5.92 Å². The number of ether oxygens (including phenoxy) is 3. The van der Waals surface area contributed by atoms with Crippen molar-refractivity contribution in [2.24, 2.45) is 5.92 Å². The van der Waals surface area contributed by atoms with Crippen LogP contribution in [-0.2, 0) is 14.2 Å². The van der Waals surface area contributed by atoms with Crippen molar-refractivity contribution in [1.29, 1.82) is 0 Å². The number of hydrogen-bond acceptors (Lipinski definition) is 4. The zero-order chi connectivity index (χ0) is 14.8. The molecular weight excluding hydrogens is 278 g/mol. The van der Waals surface area contributed by atoms with Gasteiger partial charge in [-0.25, -0.2) is 0 Å². The second kappa shape index (κ2) is 6.76. The van der Waals surface area contributed by atoms with Gasteiger partial charge in [0, 0.05) is 32.2 Å². The lowest BCUT2D eigenvalue weighted by Crippen LogP contribution is -2.53. The highest BCUT2D eigenvalue weighted by Crippen LogP contribution is 2.39. The lowest BCUT2D eigenvalue weighted by Gasteiger charge is -2.46. The molecule has 0 bridgehead atoms. The minimum absolute atomic E-state index is 0.105. The van der Waals surface area contributed by atoms with Crippen LogP contribution in [0.4, 0.5) is 0 Å². The molecule has 1 saturated carbocycles. The van der Waals surface area contributed by atoms with Crippen molar-refractivity contribution in [2.75, 3.05) is 39.5 Å². The average molecular weight is 309 g/mol. The molecule has 4 nitrogen and oxygen atoms in total. The molecule has 0 aromatic carbocycles. The van der Waals surface area contributed by atoms with Gasteiger partial charge in [0.15, 0.2) is 0 Å². The summed E-state index contributed by atoms with van der Waals surface area (Å²) in [4.78, 5) is 2.70. The van der Waals surface area contributed by atoms with Crippen molar-refractivity contribution < 1.29 is 14.2 Å². The molecule has 0 radical (unpaired) electrons. The van der Waals surface area contributed by atoms with E-state index in [-0.39, 0.29) is 5.60 Å². The van der Waals surface area contributed by atoms with E-state index >= 15 is 0 Å². The number of rotatable bonds is 4. The molecule has 3 saturated heterocycles. The Morgan fingerprint density at radius 1 is 1.09 bits per heavy atom. The van der Waals surface area contributed by atoms with Crippen LogP contribution >= 0.6 is 0 Å². The predicted octanol–water partition coefficient (Wildman–Crippen LogP) is 2.61. The fraction of sp³-hybridized carbons (Fsp3) is 1.00. The van der Waals surface area contributed by atoms with Crippen LogP contribution in [0.3, 0.4) is 0 Å². The van der Waals surface area contributed by atoms with Gasteiger partial charge in [0.1, 0.15) is 0 Å². The van der Waals surface area contributed by atoms with Crippen molar-refractivity contribution >= 4 is 0 Å². The van der Waals surface area contributed by atoms with E-state index in [1.807, 2.05) is 0 Å². The van der Waals surface area contributed by atoms with Gasteiger partial charge in [-0.05, 0) is 51.0 Å². The molecular formula is C18H31NO3. The number of hydrogen-bond donors (Lipinski definition) is 0. The van der Waals surface area contributed by atoms with E-state index in [1.54, 1.807) is 0 Å². The van der Waals surface area contributed by atoms with Gasteiger partial charge in [-0.2, -0.15) is 0 Å². The molecule has 4 fully saturated rings. The maximum Gasteiger partial charge on any atom is 0.0836 e. The SMILES string of the molecule is C1CC(N2CCC[C@]3(C[C@@H](OCC4CCOCC4)CO3)C2)C1. The summed E-state index contributed by atoms with van der Waals surface area (Å²) in [6, 6.07) is 0.850. The highest BCUT2D eigenvalue weighted by Gasteiger charge is 2.45. The first-order chi connectivity index (χ1) is 10.8. The van der Waals surface area contributed by atoms with Gasteiger partial charge in [0.05, 0.1) is 24.9 Å². The standard InChI is InChI=1S/C18H31NO3/c1-3-16(4-1)19-8-2-7-18(14-19)11-17(13-22-18)21-12-15-5-9-20-10-6-15/h15-17H,1-14H2/t17-,18+/m1/s1. The molecule has 1 spiro atoms. The Hall–Kier alpha value is -0.160. The summed E-state index contributed by atoms with van der Waals surface area (Å²) in [5.74, 6) is 0.697. The summed E-state index contributed by atoms with van der Waals surface area (Å²) in [5.41, 5.74) is 0.105. The lowest BCUT2D eigenvalue weighted by molar-refractivity contribution is -0.0709. The number of likely N-dealkylation sites (tertiary alicyclic amines) is 1. The first-order valence-corrected chi connectivity index (χ1v) is 9.40. The molecule has 3 heterocycles. The minimum Gasteiger partial charge on any atom is -0.381 e. The Morgan fingerprint density at radius 2 is 1.95 bits per heavy atom. The zero-order valence-corrected chi connectivity index (χ0v) is 13.8. The molecule has 1 aliphatic carbocycles. The minimum atomic E-state index is 0.105. The van der Waals surface area contributed by atoms with Gasteiger partial charge in [-0.1, -0.05) is 6.42 Å². The molecule has 4 aliphatic rings. The Labute approximate surface area is 134 Å². The van der Waals surface area contributed by atoms with E-state index in [0.29, 0.717) is 12.0 Å². The summed E-state index contributed by atoms with van der Waals surface area (Å²) in [6.45, 7) is 5.96. The van der Waals surface area contributed by atoms with Crippen LogP contribution in [0.1, 0.15) is 51.4 Å². The molecule has 22 heavy (non-hydrogen) atoms. The molecule has 0 unspecified atom stereocenters. The van der Waals surface area contributed by atoms with Crippen molar-refractivity contribution in [3.63, 3.8) is 0 Å². The topological polar surface area (TPSA) is 30.9 Å². The number of nitrogens with zero attached hydrogens (tertiary/aromatic N) is 1. The van der Waals surface area contributed by atoms with Crippen molar-refractivity contribution in [3.05, 3.63) is 0 Å². The van der Waals surface area contributed by atoms with Crippen molar-refractivity contribution in [1.82, 2.24) is 4.90 Å². The molecule has 126 valence electrons. The molecule has 0 N–H and O–H groups in total. The first-order valence-electron chi connectivity index (χ1n) is 9.40. The van der Waals surface area contributed by atoms with E-state index in [2.05, 4.69) is 4.90 Å². The second-order valence-electron chi connectivity index (χ2n) is 7.87. The first kappa shape index (κ1) is 15.4. The smallest absolute Gasteiger partial charge is 0.0836 e. The third kappa shape index (κ3) is 3.35. The summed E-state index contributed by atoms with van der Waals surface area (Å²) < 4.78 is 17.9. The third-order valence-corrected chi connectivity index (χ3v) is 6.24. The normalized spacial score (nSPS) is 38.5. The number of piperidine rings is 1. The maximum absolute atomic E-state index is 6.29. The molecule has 4 heteroatoms. The fourth-order valence-electron chi connectivity index (χ4n) is 4.58. The van der Waals surface area contributed by atoms with Gasteiger partial charge in [-0.15, -0.1) is 0 Å². The van der Waals surface area contributed by atoms with Gasteiger partial charge in [-0.3, -0.25) is 4.90 Å². The molecule has 2 atom stereocenters. The Kier molecular flexibility index (Phi) is 4.72. The van der Waals surface area contributed by atoms with E-state index in [1.165, 1.54) is 38.6 Å². The summed E-state index contributed by atoms with van der Waals surface area (Å²) in [5, 5.41) is 0. The van der Waals surface area contributed by atoms with Crippen molar-refractivity contribution in [2.45, 2.75) is 69.1 Å². The van der Waals surface area contributed by atoms with Crippen LogP contribution in [0.25, 0.3) is 0 Å². The summed E-state index contributed by atoms with van der Waals surface area (Å²) in [6.07, 6.45) is 10.5. The largest absolute Gasteiger partial charge is 0.381 e. The summed E-state index contributed by atoms with van der Waals surface area (Å²) >= 11 is 0. The van der Waals surface area contributed by atoms with E-state index in [9.17, 15) is 0 Å². The average Bonchev–Trinajstić information content (AvgIpc) is 2.87. The Balaban J connectivity index is 1.25. The lowest BCUT2D eigenvalue weighted by atomic mass is 9.84. The van der Waals surface area contributed by atoms with Crippen molar-refractivity contribution in [3.8, 4) is 0 Å². The van der Waals surface area contributed by atoms with Crippen LogP contribution in [0.15, 0.2) is 0 Å². The van der Waals surface area contributed by atoms with Crippen LogP contribution in [-0.4, -0.2) is 62.2 Å². The van der Waals surface area contributed by atoms with Gasteiger partial charge < -0.3 is 14.2 Å². The van der Waals surface area contributed by atoms with Gasteiger partial charge >= 0.3 is 0 Å². The molecule has 4 rings (SSSR count). The Bertz CT molecular complexity index is 367. The van der Waals surface area contributed by atoms with Crippen LogP contribution in [0.2, 0.25) is 0 Å². The fourth-order valence-corrected chi connectivity index (χ4v) is 4.58. The zero-order valence-electron chi connectivity index (χ0n) is 13.8. The second-order valence-corrected chi connectivity index (χ2v) is 7.87. The molecule has 0 amide bonds. The third-order valence-electron chi connectivity index (χ3n) is 6.24. The van der Waals surface area contributed by atoms with Gasteiger partial charge in [0.25, 0.3) is 0 Å². The molecule has 3 aliphatic heterocycles. The van der Waals surface area contributed by atoms with E-state index < -0.39 is 0 Å². The maximum atomic E-state index is 6.29. The van der Waals surface area contributed by atoms with Crippen LogP contribution < -0.4 is 0 Å². The monoisotopic (exact) mass is 309 g/mol. The molecule has 0 aromatic rings. The van der Waals surface area contributed by atoms with Crippen LogP contribution in [0.5, 0.6) is 0 Å². The molecule has 0 aromatic heterocycles. The highest BCUT2D eigenvalue weighted by molar-refractivity contribution is 4.98. The van der Waals surface area contributed by atoms with E-state index in [4.69, 9.17) is 14.2 Å². The summed E-state index contributed by atoms with van der Waals surface area (Å²) in [7, 11) is 0. The van der Waals surface area contributed by atoms with E-state index in [0.717, 1.165) is 58.3 Å². The van der Waals surface area contributed by atoms with Gasteiger partial charge in [0.2, 0.25) is 0 Å². The predicted molar refractivity (Wildman–Crippen MR) is 85.0 cm³/mol.